The first-order chi connectivity index (χ1) is 7.27. The van der Waals surface area contributed by atoms with Gasteiger partial charge in [0.25, 0.3) is 0 Å². The molecule has 0 amide bonds. The van der Waals surface area contributed by atoms with Crippen molar-refractivity contribution in [2.75, 3.05) is 0 Å². The molecule has 0 saturated carbocycles. The van der Waals surface area contributed by atoms with Gasteiger partial charge in [-0.1, -0.05) is 13.8 Å². The summed E-state index contributed by atoms with van der Waals surface area (Å²) in [7, 11) is 0. The molecule has 3 heteroatoms. The molecule has 1 aromatic heterocycles. The summed E-state index contributed by atoms with van der Waals surface area (Å²) in [5.74, 6) is 0.272. The van der Waals surface area contributed by atoms with Gasteiger partial charge in [-0.15, -0.1) is 0 Å². The van der Waals surface area contributed by atoms with Gasteiger partial charge >= 0.3 is 0 Å². The molecule has 0 aliphatic heterocycles. The molecule has 0 atom stereocenters. The molecule has 3 nitrogen and oxygen atoms in total. The van der Waals surface area contributed by atoms with Crippen LogP contribution in [0, 0.1) is 0 Å². The van der Waals surface area contributed by atoms with E-state index in [9.17, 15) is 4.79 Å². The summed E-state index contributed by atoms with van der Waals surface area (Å²) in [5.41, 5.74) is 2.04. The number of Topliss-reactive ketones (excluding diaryl/α,β-unsaturated/α-hetero) is 1. The van der Waals surface area contributed by atoms with Gasteiger partial charge in [0.2, 0.25) is 0 Å². The van der Waals surface area contributed by atoms with Gasteiger partial charge in [0, 0.05) is 12.1 Å². The number of hydrogen-bond acceptors (Lipinski definition) is 2. The summed E-state index contributed by atoms with van der Waals surface area (Å²) >= 11 is 0. The predicted molar refractivity (Wildman–Crippen MR) is 59.1 cm³/mol. The van der Waals surface area contributed by atoms with Crippen molar-refractivity contribution in [1.82, 2.24) is 9.78 Å². The van der Waals surface area contributed by atoms with E-state index in [1.165, 1.54) is 5.69 Å². The maximum Gasteiger partial charge on any atom is 0.166 e. The number of aromatic nitrogens is 2. The van der Waals surface area contributed by atoms with E-state index in [4.69, 9.17) is 0 Å². The van der Waals surface area contributed by atoms with Crippen molar-refractivity contribution in [3.63, 3.8) is 0 Å². The van der Waals surface area contributed by atoms with Gasteiger partial charge in [0.1, 0.15) is 0 Å². The first-order valence-electron chi connectivity index (χ1n) is 5.87. The molecule has 0 fully saturated rings. The van der Waals surface area contributed by atoms with Crippen LogP contribution in [0.3, 0.4) is 0 Å². The van der Waals surface area contributed by atoms with Crippen molar-refractivity contribution >= 4 is 5.78 Å². The highest BCUT2D eigenvalue weighted by atomic mass is 16.1. The third kappa shape index (κ3) is 1.71. The molecule has 0 spiro atoms. The van der Waals surface area contributed by atoms with Crippen LogP contribution in [0.4, 0.5) is 0 Å². The molecule has 1 aliphatic rings. The van der Waals surface area contributed by atoms with Gasteiger partial charge in [-0.2, -0.15) is 5.10 Å². The molecule has 1 aromatic rings. The van der Waals surface area contributed by atoms with E-state index in [1.54, 1.807) is 6.20 Å². The minimum Gasteiger partial charge on any atom is -0.294 e. The smallest absolute Gasteiger partial charge is 0.166 e. The van der Waals surface area contributed by atoms with Gasteiger partial charge in [-0.3, -0.25) is 9.48 Å². The maximum absolute atomic E-state index is 11.6. The molecule has 15 heavy (non-hydrogen) atoms. The number of ketones is 1. The van der Waals surface area contributed by atoms with Crippen molar-refractivity contribution in [1.29, 1.82) is 0 Å². The number of hydrogen-bond donors (Lipinski definition) is 0. The van der Waals surface area contributed by atoms with Gasteiger partial charge in [-0.05, 0) is 25.7 Å². The van der Waals surface area contributed by atoms with E-state index in [0.29, 0.717) is 12.5 Å². The van der Waals surface area contributed by atoms with Crippen molar-refractivity contribution in [3.05, 3.63) is 17.5 Å². The fraction of sp³-hybridized carbons (Fsp3) is 0.667. The summed E-state index contributed by atoms with van der Waals surface area (Å²) in [5, 5.41) is 4.39. The zero-order valence-corrected chi connectivity index (χ0v) is 9.49. The number of nitrogens with zero attached hydrogens (tertiary/aromatic N) is 2. The van der Waals surface area contributed by atoms with E-state index < -0.39 is 0 Å². The Morgan fingerprint density at radius 2 is 2.13 bits per heavy atom. The highest BCUT2D eigenvalue weighted by molar-refractivity contribution is 5.97. The molecule has 1 heterocycles. The lowest BCUT2D eigenvalue weighted by atomic mass is 9.96. The summed E-state index contributed by atoms with van der Waals surface area (Å²) in [6, 6.07) is 0.458. The van der Waals surface area contributed by atoms with Crippen LogP contribution < -0.4 is 0 Å². The Hall–Kier alpha value is -1.12. The molecule has 0 radical (unpaired) electrons. The van der Waals surface area contributed by atoms with Crippen LogP contribution in [-0.2, 0) is 6.42 Å². The second kappa shape index (κ2) is 4.17. The number of carbonyl (C=O) groups is 1. The van der Waals surface area contributed by atoms with E-state index in [1.807, 2.05) is 0 Å². The van der Waals surface area contributed by atoms with Gasteiger partial charge in [-0.25, -0.2) is 0 Å². The van der Waals surface area contributed by atoms with Crippen molar-refractivity contribution in [2.45, 2.75) is 52.0 Å². The van der Waals surface area contributed by atoms with E-state index in [0.717, 1.165) is 31.2 Å². The Morgan fingerprint density at radius 3 is 2.80 bits per heavy atom. The molecule has 0 aromatic carbocycles. The standard InChI is InChI=1S/C12H18N2O/c1-3-9(4-2)14-11-6-5-7-12(15)10(11)8-13-14/h8-9H,3-7H2,1-2H3. The molecule has 0 bridgehead atoms. The highest BCUT2D eigenvalue weighted by Crippen LogP contribution is 2.25. The van der Waals surface area contributed by atoms with Crippen LogP contribution in [0.1, 0.15) is 61.6 Å². The average Bonchev–Trinajstić information content (AvgIpc) is 2.66. The number of rotatable bonds is 3. The summed E-state index contributed by atoms with van der Waals surface area (Å²) in [6.07, 6.45) is 6.61. The monoisotopic (exact) mass is 206 g/mol. The molecule has 1 aliphatic carbocycles. The Morgan fingerprint density at radius 1 is 1.40 bits per heavy atom. The molecular weight excluding hydrogens is 188 g/mol. The molecule has 0 saturated heterocycles. The van der Waals surface area contributed by atoms with Gasteiger partial charge < -0.3 is 0 Å². The zero-order valence-electron chi connectivity index (χ0n) is 9.49. The highest BCUT2D eigenvalue weighted by Gasteiger charge is 2.23. The second-order valence-corrected chi connectivity index (χ2v) is 4.20. The largest absolute Gasteiger partial charge is 0.294 e. The first kappa shape index (κ1) is 10.4. The Kier molecular flexibility index (Phi) is 2.89. The van der Waals surface area contributed by atoms with Crippen molar-refractivity contribution < 1.29 is 4.79 Å². The Labute approximate surface area is 90.5 Å². The first-order valence-corrected chi connectivity index (χ1v) is 5.87. The average molecular weight is 206 g/mol. The quantitative estimate of drug-likeness (QED) is 0.762. The van der Waals surface area contributed by atoms with E-state index in [2.05, 4.69) is 23.6 Å². The minimum atomic E-state index is 0.272. The van der Waals surface area contributed by atoms with Gasteiger partial charge in [0.15, 0.2) is 5.78 Å². The van der Waals surface area contributed by atoms with Crippen molar-refractivity contribution in [3.8, 4) is 0 Å². The van der Waals surface area contributed by atoms with Crippen LogP contribution in [0.5, 0.6) is 0 Å². The minimum absolute atomic E-state index is 0.272. The number of carbonyl (C=O) groups excluding carboxylic acids is 1. The van der Waals surface area contributed by atoms with Crippen LogP contribution in [0.15, 0.2) is 6.20 Å². The maximum atomic E-state index is 11.6. The van der Waals surface area contributed by atoms with Crippen molar-refractivity contribution in [2.24, 2.45) is 0 Å². The van der Waals surface area contributed by atoms with Crippen LogP contribution in [0.2, 0.25) is 0 Å². The lowest BCUT2D eigenvalue weighted by Crippen LogP contribution is -2.17. The summed E-state index contributed by atoms with van der Waals surface area (Å²) in [4.78, 5) is 11.6. The van der Waals surface area contributed by atoms with E-state index in [-0.39, 0.29) is 5.78 Å². The zero-order chi connectivity index (χ0) is 10.8. The van der Waals surface area contributed by atoms with E-state index >= 15 is 0 Å². The molecule has 82 valence electrons. The topological polar surface area (TPSA) is 34.9 Å². The molecule has 0 unspecified atom stereocenters. The van der Waals surface area contributed by atoms with Crippen LogP contribution >= 0.6 is 0 Å². The molecule has 0 N–H and O–H groups in total. The Bertz CT molecular complexity index is 364. The molecular formula is C12H18N2O. The third-order valence-electron chi connectivity index (χ3n) is 3.30. The predicted octanol–water partition coefficient (Wildman–Crippen LogP) is 2.76. The third-order valence-corrected chi connectivity index (χ3v) is 3.30. The Balaban J connectivity index is 2.38. The fourth-order valence-corrected chi connectivity index (χ4v) is 2.37. The second-order valence-electron chi connectivity index (χ2n) is 4.20. The lowest BCUT2D eigenvalue weighted by molar-refractivity contribution is 0.0971. The molecule has 2 rings (SSSR count). The fourth-order valence-electron chi connectivity index (χ4n) is 2.37. The van der Waals surface area contributed by atoms with Crippen LogP contribution in [0.25, 0.3) is 0 Å². The SMILES string of the molecule is CCC(CC)n1ncc2c1CCCC2=O. The van der Waals surface area contributed by atoms with Gasteiger partial charge in [0.05, 0.1) is 17.8 Å². The summed E-state index contributed by atoms with van der Waals surface area (Å²) in [6.45, 7) is 4.35. The number of fused-ring (bicyclic) bond motifs is 1. The normalized spacial score (nSPS) is 15.8. The lowest BCUT2D eigenvalue weighted by Gasteiger charge is -2.19. The van der Waals surface area contributed by atoms with Crippen LogP contribution in [-0.4, -0.2) is 15.6 Å². The summed E-state index contributed by atoms with van der Waals surface area (Å²) < 4.78 is 2.08.